The lowest BCUT2D eigenvalue weighted by Crippen LogP contribution is -2.08. The van der Waals surface area contributed by atoms with E-state index in [2.05, 4.69) is 4.98 Å². The number of halogens is 1. The zero-order chi connectivity index (χ0) is 14.5. The summed E-state index contributed by atoms with van der Waals surface area (Å²) in [7, 11) is 0. The first-order valence-corrected chi connectivity index (χ1v) is 5.96. The van der Waals surface area contributed by atoms with Crippen LogP contribution in [0.25, 0.3) is 0 Å². The van der Waals surface area contributed by atoms with Crippen LogP contribution in [0.3, 0.4) is 0 Å². The summed E-state index contributed by atoms with van der Waals surface area (Å²) < 4.78 is 23.1. The maximum absolute atomic E-state index is 12.8. The van der Waals surface area contributed by atoms with Gasteiger partial charge in [-0.15, -0.1) is 0 Å². The van der Waals surface area contributed by atoms with Gasteiger partial charge in [0.05, 0.1) is 24.1 Å². The number of nitrogens with zero attached hydrogens (tertiary/aromatic N) is 1. The third-order valence-electron chi connectivity index (χ3n) is 2.44. The largest absolute Gasteiger partial charge is 0.462 e. The van der Waals surface area contributed by atoms with E-state index in [9.17, 15) is 9.18 Å². The van der Waals surface area contributed by atoms with E-state index < -0.39 is 5.97 Å². The molecule has 0 saturated carbocycles. The minimum absolute atomic E-state index is 0.175. The molecule has 1 aromatic heterocycles. The van der Waals surface area contributed by atoms with Gasteiger partial charge in [0.15, 0.2) is 0 Å². The predicted octanol–water partition coefficient (Wildman–Crippen LogP) is 2.77. The molecule has 0 bridgehead atoms. The van der Waals surface area contributed by atoms with Crippen molar-refractivity contribution >= 4 is 11.7 Å². The highest BCUT2D eigenvalue weighted by molar-refractivity contribution is 5.95. The molecule has 6 heteroatoms. The van der Waals surface area contributed by atoms with E-state index in [1.54, 1.807) is 6.92 Å². The van der Waals surface area contributed by atoms with Crippen molar-refractivity contribution in [1.82, 2.24) is 4.98 Å². The molecule has 0 aliphatic carbocycles. The van der Waals surface area contributed by atoms with E-state index >= 15 is 0 Å². The van der Waals surface area contributed by atoms with Crippen molar-refractivity contribution < 1.29 is 18.7 Å². The van der Waals surface area contributed by atoms with E-state index in [0.717, 1.165) is 0 Å². The fourth-order valence-corrected chi connectivity index (χ4v) is 1.51. The Morgan fingerprint density at radius 2 is 2.05 bits per heavy atom. The minimum Gasteiger partial charge on any atom is -0.462 e. The molecular weight excluding hydrogens is 263 g/mol. The molecule has 2 aromatic rings. The van der Waals surface area contributed by atoms with E-state index in [0.29, 0.717) is 5.75 Å². The molecular formula is C14H13FN2O3. The number of nitrogens with two attached hydrogens (primary N) is 1. The lowest BCUT2D eigenvalue weighted by atomic mass is 10.2. The summed E-state index contributed by atoms with van der Waals surface area (Å²) in [6.45, 7) is 1.94. The molecule has 1 aromatic carbocycles. The molecule has 2 N–H and O–H groups in total. The van der Waals surface area contributed by atoms with Crippen LogP contribution in [0.2, 0.25) is 0 Å². The second-order valence-corrected chi connectivity index (χ2v) is 3.89. The van der Waals surface area contributed by atoms with Gasteiger partial charge in [-0.3, -0.25) is 0 Å². The number of esters is 1. The highest BCUT2D eigenvalue weighted by atomic mass is 19.1. The van der Waals surface area contributed by atoms with Crippen LogP contribution < -0.4 is 10.5 Å². The average Bonchev–Trinajstić information content (AvgIpc) is 2.43. The molecule has 0 unspecified atom stereocenters. The number of aromatic nitrogens is 1. The van der Waals surface area contributed by atoms with Gasteiger partial charge < -0.3 is 15.2 Å². The van der Waals surface area contributed by atoms with Crippen molar-refractivity contribution in [2.24, 2.45) is 0 Å². The third-order valence-corrected chi connectivity index (χ3v) is 2.44. The number of carbonyl (C=O) groups excluding carboxylic acids is 1. The van der Waals surface area contributed by atoms with Crippen LogP contribution in [-0.4, -0.2) is 17.6 Å². The summed E-state index contributed by atoms with van der Waals surface area (Å²) in [6, 6.07) is 6.82. The molecule has 1 heterocycles. The Bertz CT molecular complexity index is 614. The van der Waals surface area contributed by atoms with Crippen LogP contribution >= 0.6 is 0 Å². The van der Waals surface area contributed by atoms with Gasteiger partial charge in [-0.25, -0.2) is 14.2 Å². The fraction of sp³-hybridized carbons (Fsp3) is 0.143. The van der Waals surface area contributed by atoms with Gasteiger partial charge in [0.25, 0.3) is 0 Å². The van der Waals surface area contributed by atoms with Crippen LogP contribution in [0.15, 0.2) is 36.5 Å². The Morgan fingerprint density at radius 3 is 2.70 bits per heavy atom. The predicted molar refractivity (Wildman–Crippen MR) is 71.1 cm³/mol. The number of anilines is 1. The van der Waals surface area contributed by atoms with Crippen LogP contribution in [0.1, 0.15) is 17.3 Å². The van der Waals surface area contributed by atoms with Crippen molar-refractivity contribution in [3.05, 3.63) is 47.9 Å². The Hall–Kier alpha value is -2.63. The number of pyridine rings is 1. The molecule has 0 aliphatic heterocycles. The lowest BCUT2D eigenvalue weighted by molar-refractivity contribution is 0.0527. The van der Waals surface area contributed by atoms with Gasteiger partial charge >= 0.3 is 5.97 Å². The summed E-state index contributed by atoms with van der Waals surface area (Å²) in [5.41, 5.74) is 6.05. The highest BCUT2D eigenvalue weighted by Gasteiger charge is 2.13. The van der Waals surface area contributed by atoms with Gasteiger partial charge in [-0.2, -0.15) is 0 Å². The smallest absolute Gasteiger partial charge is 0.340 e. The third kappa shape index (κ3) is 3.23. The normalized spacial score (nSPS) is 10.1. The van der Waals surface area contributed by atoms with Gasteiger partial charge in [0.2, 0.25) is 5.88 Å². The van der Waals surface area contributed by atoms with Crippen LogP contribution in [-0.2, 0) is 4.74 Å². The molecule has 0 aliphatic rings. The van der Waals surface area contributed by atoms with E-state index in [1.165, 1.54) is 36.5 Å². The summed E-state index contributed by atoms with van der Waals surface area (Å²) in [5, 5.41) is 0. The minimum atomic E-state index is -0.545. The van der Waals surface area contributed by atoms with Crippen molar-refractivity contribution in [3.63, 3.8) is 0 Å². The Kier molecular flexibility index (Phi) is 4.14. The number of carbonyl (C=O) groups is 1. The summed E-state index contributed by atoms with van der Waals surface area (Å²) in [6.07, 6.45) is 1.31. The van der Waals surface area contributed by atoms with Crippen molar-refractivity contribution in [2.75, 3.05) is 12.3 Å². The molecule has 0 fully saturated rings. The number of nitrogen functional groups attached to an aromatic ring is 1. The lowest BCUT2D eigenvalue weighted by Gasteiger charge is -2.08. The molecule has 0 spiro atoms. The number of hydrogen-bond acceptors (Lipinski definition) is 5. The van der Waals surface area contributed by atoms with Crippen molar-refractivity contribution in [1.29, 1.82) is 0 Å². The summed E-state index contributed by atoms with van der Waals surface area (Å²) in [4.78, 5) is 15.6. The van der Waals surface area contributed by atoms with Gasteiger partial charge in [0, 0.05) is 6.07 Å². The molecule has 2 rings (SSSR count). The van der Waals surface area contributed by atoms with E-state index in [-0.39, 0.29) is 29.6 Å². The zero-order valence-electron chi connectivity index (χ0n) is 10.8. The van der Waals surface area contributed by atoms with Crippen LogP contribution in [0, 0.1) is 5.82 Å². The van der Waals surface area contributed by atoms with Gasteiger partial charge in [-0.1, -0.05) is 0 Å². The zero-order valence-corrected chi connectivity index (χ0v) is 10.8. The van der Waals surface area contributed by atoms with E-state index in [4.69, 9.17) is 15.2 Å². The number of hydrogen-bond donors (Lipinski definition) is 1. The Labute approximate surface area is 115 Å². The topological polar surface area (TPSA) is 74.4 Å². The van der Waals surface area contributed by atoms with Crippen molar-refractivity contribution in [3.8, 4) is 11.6 Å². The average molecular weight is 276 g/mol. The summed E-state index contributed by atoms with van der Waals surface area (Å²) in [5.74, 6) is -0.335. The molecule has 0 atom stereocenters. The Balaban J connectivity index is 2.22. The first-order chi connectivity index (χ1) is 9.60. The highest BCUT2D eigenvalue weighted by Crippen LogP contribution is 2.23. The monoisotopic (exact) mass is 276 g/mol. The maximum atomic E-state index is 12.8. The SMILES string of the molecule is CCOC(=O)c1cc(Oc2ccc(F)cc2)ncc1N. The number of ether oxygens (including phenoxy) is 2. The number of benzene rings is 1. The fourth-order valence-electron chi connectivity index (χ4n) is 1.51. The quantitative estimate of drug-likeness (QED) is 0.869. The van der Waals surface area contributed by atoms with Gasteiger partial charge in [0.1, 0.15) is 11.6 Å². The van der Waals surface area contributed by atoms with Crippen molar-refractivity contribution in [2.45, 2.75) is 6.92 Å². The number of rotatable bonds is 4. The Morgan fingerprint density at radius 1 is 1.35 bits per heavy atom. The first kappa shape index (κ1) is 13.8. The molecule has 0 amide bonds. The second-order valence-electron chi connectivity index (χ2n) is 3.89. The molecule has 0 saturated heterocycles. The van der Waals surface area contributed by atoms with Gasteiger partial charge in [-0.05, 0) is 31.2 Å². The maximum Gasteiger partial charge on any atom is 0.340 e. The molecule has 104 valence electrons. The van der Waals surface area contributed by atoms with Crippen LogP contribution in [0.4, 0.5) is 10.1 Å². The standard InChI is InChI=1S/C14H13FN2O3/c1-2-19-14(18)11-7-13(17-8-12(11)16)20-10-5-3-9(15)4-6-10/h3-8H,2,16H2,1H3. The molecule has 0 radical (unpaired) electrons. The van der Waals surface area contributed by atoms with E-state index in [1.807, 2.05) is 0 Å². The van der Waals surface area contributed by atoms with Crippen LogP contribution in [0.5, 0.6) is 11.6 Å². The molecule has 5 nitrogen and oxygen atoms in total. The molecule has 20 heavy (non-hydrogen) atoms. The summed E-state index contributed by atoms with van der Waals surface area (Å²) >= 11 is 0. The first-order valence-electron chi connectivity index (χ1n) is 5.96. The second kappa shape index (κ2) is 6.01.